The van der Waals surface area contributed by atoms with Crippen LogP contribution in [-0.2, 0) is 11.8 Å². The van der Waals surface area contributed by atoms with Gasteiger partial charge in [-0.15, -0.1) is 5.10 Å². The first-order valence-corrected chi connectivity index (χ1v) is 3.70. The molecule has 1 unspecified atom stereocenters. The molecule has 68 valence electrons. The fraction of sp³-hybridized carbons (Fsp3) is 0.429. The van der Waals surface area contributed by atoms with E-state index in [1.807, 2.05) is 6.07 Å². The van der Waals surface area contributed by atoms with Crippen molar-refractivity contribution in [1.82, 2.24) is 15.0 Å². The fourth-order valence-corrected chi connectivity index (χ4v) is 0.698. The van der Waals surface area contributed by atoms with Crippen molar-refractivity contribution in [3.8, 4) is 6.07 Å². The molecule has 0 aromatic carbocycles. The maximum absolute atomic E-state index is 11.1. The Balaban J connectivity index is 2.61. The summed E-state index contributed by atoms with van der Waals surface area (Å²) in [5.41, 5.74) is 0. The smallest absolute Gasteiger partial charge is 0.242 e. The lowest BCUT2D eigenvalue weighted by atomic mass is 10.2. The van der Waals surface area contributed by atoms with Crippen LogP contribution in [0.4, 0.5) is 5.82 Å². The summed E-state index contributed by atoms with van der Waals surface area (Å²) in [4.78, 5) is 11.1. The van der Waals surface area contributed by atoms with Crippen LogP contribution < -0.4 is 5.32 Å². The average Bonchev–Trinajstić information content (AvgIpc) is 2.49. The Hall–Kier alpha value is -1.90. The highest BCUT2D eigenvalue weighted by molar-refractivity contribution is 5.92. The van der Waals surface area contributed by atoms with Crippen LogP contribution in [-0.4, -0.2) is 20.9 Å². The lowest BCUT2D eigenvalue weighted by Gasteiger charge is -2.00. The second kappa shape index (κ2) is 3.67. The van der Waals surface area contributed by atoms with Crippen LogP contribution in [0.3, 0.4) is 0 Å². The highest BCUT2D eigenvalue weighted by Gasteiger charge is 2.12. The number of nitrogens with zero attached hydrogens (tertiary/aromatic N) is 4. The third-order valence-corrected chi connectivity index (χ3v) is 1.44. The van der Waals surface area contributed by atoms with E-state index in [0.717, 1.165) is 0 Å². The number of aryl methyl sites for hydroxylation is 1. The molecule has 0 bridgehead atoms. The van der Waals surface area contributed by atoms with E-state index < -0.39 is 5.92 Å². The molecular formula is C7H9N5O. The van der Waals surface area contributed by atoms with Crippen molar-refractivity contribution < 1.29 is 4.79 Å². The van der Waals surface area contributed by atoms with Gasteiger partial charge in [-0.2, -0.15) is 5.26 Å². The SMILES string of the molecule is CC(C#N)C(=O)Nc1cn(C)nn1. The lowest BCUT2D eigenvalue weighted by Crippen LogP contribution is -2.19. The zero-order valence-corrected chi connectivity index (χ0v) is 7.35. The predicted octanol–water partition coefficient (Wildman–Crippen LogP) is -0.0867. The predicted molar refractivity (Wildman–Crippen MR) is 44.4 cm³/mol. The van der Waals surface area contributed by atoms with E-state index in [0.29, 0.717) is 5.82 Å². The summed E-state index contributed by atoms with van der Waals surface area (Å²) >= 11 is 0. The minimum atomic E-state index is -0.679. The van der Waals surface area contributed by atoms with E-state index in [1.54, 1.807) is 13.2 Å². The Morgan fingerprint density at radius 1 is 1.85 bits per heavy atom. The summed E-state index contributed by atoms with van der Waals surface area (Å²) < 4.78 is 1.46. The van der Waals surface area contributed by atoms with E-state index in [9.17, 15) is 4.79 Å². The molecule has 1 aromatic rings. The lowest BCUT2D eigenvalue weighted by molar-refractivity contribution is -0.117. The number of amides is 1. The summed E-state index contributed by atoms with van der Waals surface area (Å²) in [6.45, 7) is 1.52. The molecule has 0 spiro atoms. The molecule has 0 radical (unpaired) electrons. The van der Waals surface area contributed by atoms with Crippen molar-refractivity contribution in [3.63, 3.8) is 0 Å². The number of hydrogen-bond acceptors (Lipinski definition) is 4. The molecular weight excluding hydrogens is 170 g/mol. The minimum absolute atomic E-state index is 0.356. The van der Waals surface area contributed by atoms with E-state index in [1.165, 1.54) is 11.6 Å². The minimum Gasteiger partial charge on any atom is -0.307 e. The first kappa shape index (κ1) is 9.19. The summed E-state index contributed by atoms with van der Waals surface area (Å²) in [5.74, 6) is -0.695. The van der Waals surface area contributed by atoms with Crippen LogP contribution in [0.25, 0.3) is 0 Å². The van der Waals surface area contributed by atoms with Crippen LogP contribution in [0.2, 0.25) is 0 Å². The Morgan fingerprint density at radius 2 is 2.54 bits per heavy atom. The molecule has 1 atom stereocenters. The Kier molecular flexibility index (Phi) is 2.59. The van der Waals surface area contributed by atoms with Gasteiger partial charge in [-0.05, 0) is 6.92 Å². The standard InChI is InChI=1S/C7H9N5O/c1-5(3-8)7(13)9-6-4-12(2)11-10-6/h4-5H,1-2H3,(H,9,13). The fourth-order valence-electron chi connectivity index (χ4n) is 0.698. The molecule has 1 N–H and O–H groups in total. The van der Waals surface area contributed by atoms with Gasteiger partial charge < -0.3 is 5.32 Å². The quantitative estimate of drug-likeness (QED) is 0.687. The summed E-state index contributed by atoms with van der Waals surface area (Å²) in [6, 6.07) is 1.82. The van der Waals surface area contributed by atoms with Crippen LogP contribution in [0.5, 0.6) is 0 Å². The largest absolute Gasteiger partial charge is 0.307 e. The van der Waals surface area contributed by atoms with Gasteiger partial charge in [-0.1, -0.05) is 5.21 Å². The van der Waals surface area contributed by atoms with Gasteiger partial charge in [0.2, 0.25) is 5.91 Å². The molecule has 1 heterocycles. The number of hydrogen-bond donors (Lipinski definition) is 1. The molecule has 1 rings (SSSR count). The van der Waals surface area contributed by atoms with Gasteiger partial charge in [0.05, 0.1) is 12.3 Å². The molecule has 0 saturated carbocycles. The molecule has 0 saturated heterocycles. The number of carbonyl (C=O) groups is 1. The van der Waals surface area contributed by atoms with Crippen molar-refractivity contribution in [2.24, 2.45) is 13.0 Å². The summed E-state index contributed by atoms with van der Waals surface area (Å²) in [5, 5.41) is 18.2. The van der Waals surface area contributed by atoms with Crippen molar-refractivity contribution in [2.45, 2.75) is 6.92 Å². The number of aromatic nitrogens is 3. The molecule has 0 aliphatic carbocycles. The number of rotatable bonds is 2. The Labute approximate surface area is 75.2 Å². The zero-order valence-electron chi connectivity index (χ0n) is 7.35. The second-order valence-corrected chi connectivity index (χ2v) is 2.62. The van der Waals surface area contributed by atoms with Crippen molar-refractivity contribution >= 4 is 11.7 Å². The first-order chi connectivity index (χ1) is 6.13. The van der Waals surface area contributed by atoms with E-state index in [4.69, 9.17) is 5.26 Å². The molecule has 0 fully saturated rings. The third kappa shape index (κ3) is 2.27. The van der Waals surface area contributed by atoms with E-state index in [2.05, 4.69) is 15.6 Å². The highest BCUT2D eigenvalue weighted by Crippen LogP contribution is 2.01. The Bertz CT molecular complexity index is 350. The monoisotopic (exact) mass is 179 g/mol. The molecule has 1 aromatic heterocycles. The van der Waals surface area contributed by atoms with Gasteiger partial charge in [0.1, 0.15) is 5.92 Å². The normalized spacial score (nSPS) is 11.8. The van der Waals surface area contributed by atoms with Gasteiger partial charge in [-0.25, -0.2) is 0 Å². The topological polar surface area (TPSA) is 83.6 Å². The van der Waals surface area contributed by atoms with Crippen LogP contribution in [0, 0.1) is 17.2 Å². The van der Waals surface area contributed by atoms with Gasteiger partial charge >= 0.3 is 0 Å². The Morgan fingerprint density at radius 3 is 3.00 bits per heavy atom. The van der Waals surface area contributed by atoms with Crippen LogP contribution in [0.1, 0.15) is 6.92 Å². The number of nitrogens with one attached hydrogen (secondary N) is 1. The maximum Gasteiger partial charge on any atom is 0.242 e. The molecule has 6 heteroatoms. The van der Waals surface area contributed by atoms with E-state index >= 15 is 0 Å². The van der Waals surface area contributed by atoms with Gasteiger partial charge in [0.15, 0.2) is 5.82 Å². The van der Waals surface area contributed by atoms with Gasteiger partial charge in [0.25, 0.3) is 0 Å². The second-order valence-electron chi connectivity index (χ2n) is 2.62. The molecule has 0 aliphatic heterocycles. The van der Waals surface area contributed by atoms with Gasteiger partial charge in [0, 0.05) is 7.05 Å². The average molecular weight is 179 g/mol. The van der Waals surface area contributed by atoms with Crippen LogP contribution in [0.15, 0.2) is 6.20 Å². The van der Waals surface area contributed by atoms with E-state index in [-0.39, 0.29) is 5.91 Å². The summed E-state index contributed by atoms with van der Waals surface area (Å²) in [6.07, 6.45) is 1.56. The summed E-state index contributed by atoms with van der Waals surface area (Å²) in [7, 11) is 1.69. The first-order valence-electron chi connectivity index (χ1n) is 3.70. The van der Waals surface area contributed by atoms with Gasteiger partial charge in [-0.3, -0.25) is 9.48 Å². The van der Waals surface area contributed by atoms with Crippen molar-refractivity contribution in [2.75, 3.05) is 5.32 Å². The van der Waals surface area contributed by atoms with Crippen molar-refractivity contribution in [1.29, 1.82) is 5.26 Å². The van der Waals surface area contributed by atoms with Crippen molar-refractivity contribution in [3.05, 3.63) is 6.20 Å². The van der Waals surface area contributed by atoms with Crippen LogP contribution >= 0.6 is 0 Å². The molecule has 0 aliphatic rings. The third-order valence-electron chi connectivity index (χ3n) is 1.44. The highest BCUT2D eigenvalue weighted by atomic mass is 16.1. The number of anilines is 1. The molecule has 13 heavy (non-hydrogen) atoms. The number of nitriles is 1. The number of carbonyl (C=O) groups excluding carboxylic acids is 1. The zero-order chi connectivity index (χ0) is 9.84. The molecule has 6 nitrogen and oxygen atoms in total. The molecule has 1 amide bonds. The maximum atomic E-state index is 11.1.